The standard InChI is InChI=1S/C23H23NO5/c1-27-22(26)23(12-14-8-4-2-5-9-14)18-16-13-28-21(29-16)20(25)17(18)19(24-23)15-10-6-3-7-11-15/h2-11,16-19,21,24H,12-13H2,1H3/t16-,17+,18-,19-,21-,23+/m1/s1. The summed E-state index contributed by atoms with van der Waals surface area (Å²) >= 11 is 0. The van der Waals surface area contributed by atoms with Crippen molar-refractivity contribution in [3.63, 3.8) is 0 Å². The quantitative estimate of drug-likeness (QED) is 0.802. The molecule has 3 fully saturated rings. The zero-order valence-electron chi connectivity index (χ0n) is 16.1. The average Bonchev–Trinajstić information content (AvgIpc) is 3.34. The van der Waals surface area contributed by atoms with E-state index in [0.29, 0.717) is 13.0 Å². The van der Waals surface area contributed by atoms with E-state index < -0.39 is 17.7 Å². The van der Waals surface area contributed by atoms with Crippen LogP contribution in [0.3, 0.4) is 0 Å². The Balaban J connectivity index is 1.65. The molecule has 2 aromatic carbocycles. The third kappa shape index (κ3) is 2.82. The molecule has 1 N–H and O–H groups in total. The Morgan fingerprint density at radius 1 is 1.14 bits per heavy atom. The number of rotatable bonds is 4. The van der Waals surface area contributed by atoms with Crippen LogP contribution in [-0.2, 0) is 30.2 Å². The highest BCUT2D eigenvalue weighted by atomic mass is 16.7. The monoisotopic (exact) mass is 393 g/mol. The highest BCUT2D eigenvalue weighted by Crippen LogP contribution is 2.52. The van der Waals surface area contributed by atoms with Crippen molar-refractivity contribution in [2.45, 2.75) is 30.4 Å². The van der Waals surface area contributed by atoms with Gasteiger partial charge in [0, 0.05) is 18.4 Å². The molecule has 6 nitrogen and oxygen atoms in total. The molecule has 0 spiro atoms. The first kappa shape index (κ1) is 18.5. The number of nitrogens with one attached hydrogen (secondary N) is 1. The number of hydrogen-bond donors (Lipinski definition) is 1. The Bertz CT molecular complexity index is 917. The number of methoxy groups -OCH3 is 1. The second-order valence-corrected chi connectivity index (χ2v) is 7.95. The van der Waals surface area contributed by atoms with Crippen LogP contribution in [0.25, 0.3) is 0 Å². The number of benzene rings is 2. The summed E-state index contributed by atoms with van der Waals surface area (Å²) in [6.45, 7) is 0.300. The molecule has 29 heavy (non-hydrogen) atoms. The number of ether oxygens (including phenoxy) is 3. The number of fused-ring (bicyclic) bond motifs is 4. The third-order valence-electron chi connectivity index (χ3n) is 6.43. The summed E-state index contributed by atoms with van der Waals surface area (Å²) in [5, 5.41) is 3.55. The van der Waals surface area contributed by atoms with Crippen LogP contribution in [0, 0.1) is 11.8 Å². The van der Waals surface area contributed by atoms with Gasteiger partial charge in [-0.25, -0.2) is 0 Å². The van der Waals surface area contributed by atoms with Gasteiger partial charge in [0.05, 0.1) is 25.7 Å². The Hall–Kier alpha value is -2.54. The molecular weight excluding hydrogens is 370 g/mol. The van der Waals surface area contributed by atoms with Crippen LogP contribution in [0.1, 0.15) is 17.2 Å². The summed E-state index contributed by atoms with van der Waals surface area (Å²) in [7, 11) is 1.39. The lowest BCUT2D eigenvalue weighted by molar-refractivity contribution is -0.170. The van der Waals surface area contributed by atoms with E-state index in [9.17, 15) is 9.59 Å². The number of carbonyl (C=O) groups is 2. The van der Waals surface area contributed by atoms with Crippen molar-refractivity contribution in [3.8, 4) is 0 Å². The molecular formula is C23H23NO5. The molecule has 5 rings (SSSR count). The molecule has 3 heterocycles. The van der Waals surface area contributed by atoms with Gasteiger partial charge in [-0.3, -0.25) is 14.9 Å². The topological polar surface area (TPSA) is 73.9 Å². The summed E-state index contributed by atoms with van der Waals surface area (Å²) < 4.78 is 16.8. The molecule has 0 aliphatic carbocycles. The minimum atomic E-state index is -1.08. The fourth-order valence-corrected chi connectivity index (χ4v) is 5.27. The maximum atomic E-state index is 13.3. The fourth-order valence-electron chi connectivity index (χ4n) is 5.27. The van der Waals surface area contributed by atoms with Crippen LogP contribution < -0.4 is 5.32 Å². The highest BCUT2D eigenvalue weighted by molar-refractivity contribution is 5.91. The van der Waals surface area contributed by atoms with E-state index in [0.717, 1.165) is 11.1 Å². The molecule has 3 aliphatic heterocycles. The molecule has 0 saturated carbocycles. The number of carbonyl (C=O) groups excluding carboxylic acids is 2. The molecule has 3 aliphatic rings. The van der Waals surface area contributed by atoms with Gasteiger partial charge in [-0.05, 0) is 11.1 Å². The predicted octanol–water partition coefficient (Wildman–Crippen LogP) is 2.04. The first-order valence-electron chi connectivity index (χ1n) is 9.90. The SMILES string of the molecule is COC(=O)[C@@]1(Cc2ccccc2)N[C@H](c2ccccc2)[C@H]2C(=O)[C@@H]3OC[C@@H](O3)[C@H]21. The predicted molar refractivity (Wildman–Crippen MR) is 104 cm³/mol. The smallest absolute Gasteiger partial charge is 0.326 e. The van der Waals surface area contributed by atoms with Crippen LogP contribution in [0.15, 0.2) is 60.7 Å². The second kappa shape index (κ2) is 7.06. The first-order valence-corrected chi connectivity index (χ1v) is 9.90. The van der Waals surface area contributed by atoms with Gasteiger partial charge in [0.15, 0.2) is 5.78 Å². The average molecular weight is 393 g/mol. The van der Waals surface area contributed by atoms with Crippen molar-refractivity contribution < 1.29 is 23.8 Å². The third-order valence-corrected chi connectivity index (χ3v) is 6.43. The molecule has 6 heteroatoms. The lowest BCUT2D eigenvalue weighted by Gasteiger charge is -2.38. The van der Waals surface area contributed by atoms with E-state index in [2.05, 4.69) is 5.32 Å². The number of ketones is 1. The number of esters is 1. The zero-order valence-corrected chi connectivity index (χ0v) is 16.1. The molecule has 0 unspecified atom stereocenters. The zero-order chi connectivity index (χ0) is 20.0. The van der Waals surface area contributed by atoms with Crippen molar-refractivity contribution in [1.82, 2.24) is 5.32 Å². The molecule has 2 bridgehead atoms. The molecule has 0 radical (unpaired) electrons. The van der Waals surface area contributed by atoms with Gasteiger partial charge in [-0.2, -0.15) is 0 Å². The van der Waals surface area contributed by atoms with Crippen molar-refractivity contribution in [2.75, 3.05) is 13.7 Å². The fraction of sp³-hybridized carbons (Fsp3) is 0.391. The van der Waals surface area contributed by atoms with Crippen molar-refractivity contribution in [3.05, 3.63) is 71.8 Å². The Morgan fingerprint density at radius 2 is 1.83 bits per heavy atom. The molecule has 0 aromatic heterocycles. The van der Waals surface area contributed by atoms with E-state index in [4.69, 9.17) is 14.2 Å². The normalized spacial score (nSPS) is 35.3. The van der Waals surface area contributed by atoms with E-state index in [1.54, 1.807) is 0 Å². The summed E-state index contributed by atoms with van der Waals surface area (Å²) in [6, 6.07) is 19.3. The second-order valence-electron chi connectivity index (χ2n) is 7.95. The van der Waals surface area contributed by atoms with Gasteiger partial charge < -0.3 is 14.2 Å². The summed E-state index contributed by atoms with van der Waals surface area (Å²) in [5.41, 5.74) is 0.877. The van der Waals surface area contributed by atoms with Crippen molar-refractivity contribution >= 4 is 11.8 Å². The minimum absolute atomic E-state index is 0.107. The van der Waals surface area contributed by atoms with Gasteiger partial charge in [0.1, 0.15) is 5.54 Å². The molecule has 150 valence electrons. The molecule has 2 aromatic rings. The van der Waals surface area contributed by atoms with Crippen LogP contribution in [0.4, 0.5) is 0 Å². The first-order chi connectivity index (χ1) is 14.1. The van der Waals surface area contributed by atoms with Gasteiger partial charge in [0.25, 0.3) is 0 Å². The van der Waals surface area contributed by atoms with Crippen LogP contribution in [0.2, 0.25) is 0 Å². The maximum absolute atomic E-state index is 13.3. The molecule has 6 atom stereocenters. The van der Waals surface area contributed by atoms with Gasteiger partial charge in [0.2, 0.25) is 6.29 Å². The van der Waals surface area contributed by atoms with E-state index in [-0.39, 0.29) is 29.8 Å². The molecule has 3 saturated heterocycles. The largest absolute Gasteiger partial charge is 0.468 e. The Labute approximate surface area is 169 Å². The minimum Gasteiger partial charge on any atom is -0.468 e. The van der Waals surface area contributed by atoms with E-state index in [1.807, 2.05) is 60.7 Å². The van der Waals surface area contributed by atoms with Gasteiger partial charge >= 0.3 is 5.97 Å². The van der Waals surface area contributed by atoms with Crippen LogP contribution in [-0.4, -0.2) is 43.4 Å². The lowest BCUT2D eigenvalue weighted by Crippen LogP contribution is -2.59. The summed E-state index contributed by atoms with van der Waals surface area (Å²) in [4.78, 5) is 26.5. The summed E-state index contributed by atoms with van der Waals surface area (Å²) in [5.74, 6) is -1.29. The highest BCUT2D eigenvalue weighted by Gasteiger charge is 2.67. The van der Waals surface area contributed by atoms with Gasteiger partial charge in [-0.1, -0.05) is 60.7 Å². The van der Waals surface area contributed by atoms with Crippen molar-refractivity contribution in [1.29, 1.82) is 0 Å². The number of hydrogen-bond acceptors (Lipinski definition) is 6. The van der Waals surface area contributed by atoms with Gasteiger partial charge in [-0.15, -0.1) is 0 Å². The van der Waals surface area contributed by atoms with Crippen LogP contribution >= 0.6 is 0 Å². The molecule has 0 amide bonds. The maximum Gasteiger partial charge on any atom is 0.326 e. The van der Waals surface area contributed by atoms with Crippen LogP contribution in [0.5, 0.6) is 0 Å². The number of Topliss-reactive ketones (excluding diaryl/α,β-unsaturated/α-hetero) is 1. The summed E-state index contributed by atoms with van der Waals surface area (Å²) in [6.07, 6.45) is -0.783. The Morgan fingerprint density at radius 3 is 2.52 bits per heavy atom. The Kier molecular flexibility index (Phi) is 4.50. The van der Waals surface area contributed by atoms with E-state index >= 15 is 0 Å². The van der Waals surface area contributed by atoms with Crippen molar-refractivity contribution in [2.24, 2.45) is 11.8 Å². The van der Waals surface area contributed by atoms with E-state index in [1.165, 1.54) is 7.11 Å². The lowest BCUT2D eigenvalue weighted by atomic mass is 9.70.